The molecule has 0 aliphatic heterocycles. The number of carbonyl (C=O) groups is 1. The van der Waals surface area contributed by atoms with Gasteiger partial charge in [0, 0.05) is 19.1 Å². The molecule has 0 bridgehead atoms. The second-order valence-electron chi connectivity index (χ2n) is 3.34. The smallest absolute Gasteiger partial charge is 0.269 e. The molecule has 0 aromatic heterocycles. The van der Waals surface area contributed by atoms with Crippen LogP contribution in [-0.2, 0) is 20.6 Å². The highest BCUT2D eigenvalue weighted by molar-refractivity contribution is 7.89. The Balaban J connectivity index is 2.92. The van der Waals surface area contributed by atoms with E-state index in [4.69, 9.17) is 0 Å². The van der Waals surface area contributed by atoms with Gasteiger partial charge in [0.2, 0.25) is 15.9 Å². The molecule has 0 atom stereocenters. The SMILES string of the molecule is CC(=O)NS(=O)(=O)Cc1cccc([N+](=O)[O-])c1. The summed E-state index contributed by atoms with van der Waals surface area (Å²) in [5.74, 6) is -1.18. The Morgan fingerprint density at radius 2 is 2.12 bits per heavy atom. The maximum Gasteiger partial charge on any atom is 0.269 e. The summed E-state index contributed by atoms with van der Waals surface area (Å²) < 4.78 is 24.6. The zero-order valence-corrected chi connectivity index (χ0v) is 9.73. The monoisotopic (exact) mass is 258 g/mol. The van der Waals surface area contributed by atoms with Crippen molar-refractivity contribution in [2.24, 2.45) is 0 Å². The van der Waals surface area contributed by atoms with Crippen molar-refractivity contribution in [2.75, 3.05) is 0 Å². The summed E-state index contributed by atoms with van der Waals surface area (Å²) in [5, 5.41) is 10.5. The Morgan fingerprint density at radius 3 is 2.65 bits per heavy atom. The first-order valence-electron chi connectivity index (χ1n) is 4.54. The number of hydrogen-bond donors (Lipinski definition) is 1. The molecule has 0 aliphatic rings. The molecule has 0 radical (unpaired) electrons. The lowest BCUT2D eigenvalue weighted by Gasteiger charge is -2.04. The van der Waals surface area contributed by atoms with Gasteiger partial charge in [-0.25, -0.2) is 8.42 Å². The van der Waals surface area contributed by atoms with Gasteiger partial charge in [0.15, 0.2) is 0 Å². The third-order valence-electron chi connectivity index (χ3n) is 1.78. The van der Waals surface area contributed by atoms with Crippen LogP contribution in [0.2, 0.25) is 0 Å². The Kier molecular flexibility index (Phi) is 3.79. The van der Waals surface area contributed by atoms with Gasteiger partial charge in [-0.2, -0.15) is 0 Å². The standard InChI is InChI=1S/C9H10N2O5S/c1-7(12)10-17(15,16)6-8-3-2-4-9(5-8)11(13)14/h2-5H,6H2,1H3,(H,10,12). The largest absolute Gasteiger partial charge is 0.274 e. The van der Waals surface area contributed by atoms with Crippen molar-refractivity contribution in [1.29, 1.82) is 0 Å². The van der Waals surface area contributed by atoms with Crippen LogP contribution in [0.1, 0.15) is 12.5 Å². The van der Waals surface area contributed by atoms with Crippen molar-refractivity contribution >= 4 is 21.6 Å². The molecule has 0 aliphatic carbocycles. The second-order valence-corrected chi connectivity index (χ2v) is 5.07. The number of nitro groups is 1. The first kappa shape index (κ1) is 13.1. The van der Waals surface area contributed by atoms with E-state index in [1.54, 1.807) is 4.72 Å². The first-order chi connectivity index (χ1) is 7.80. The van der Waals surface area contributed by atoms with E-state index in [9.17, 15) is 23.3 Å². The number of benzene rings is 1. The highest BCUT2D eigenvalue weighted by Gasteiger charge is 2.14. The van der Waals surface area contributed by atoms with Crippen molar-refractivity contribution in [3.63, 3.8) is 0 Å². The van der Waals surface area contributed by atoms with Crippen LogP contribution >= 0.6 is 0 Å². The van der Waals surface area contributed by atoms with E-state index in [0.29, 0.717) is 0 Å². The molecule has 1 amide bonds. The Bertz CT molecular complexity index is 552. The van der Waals surface area contributed by atoms with E-state index in [0.717, 1.165) is 13.0 Å². The van der Waals surface area contributed by atoms with Gasteiger partial charge in [-0.1, -0.05) is 12.1 Å². The van der Waals surface area contributed by atoms with Crippen LogP contribution in [0.5, 0.6) is 0 Å². The molecule has 0 fully saturated rings. The molecule has 1 N–H and O–H groups in total. The molecule has 1 aromatic rings. The highest BCUT2D eigenvalue weighted by atomic mass is 32.2. The van der Waals surface area contributed by atoms with Crippen LogP contribution in [0, 0.1) is 10.1 Å². The van der Waals surface area contributed by atoms with Gasteiger partial charge in [0.1, 0.15) is 0 Å². The Labute approximate surface area is 97.7 Å². The summed E-state index contributed by atoms with van der Waals surface area (Å²) >= 11 is 0. The van der Waals surface area contributed by atoms with Crippen molar-refractivity contribution in [1.82, 2.24) is 4.72 Å². The van der Waals surface area contributed by atoms with Gasteiger partial charge < -0.3 is 0 Å². The Hall–Kier alpha value is -1.96. The lowest BCUT2D eigenvalue weighted by atomic mass is 10.2. The molecule has 92 valence electrons. The zero-order valence-electron chi connectivity index (χ0n) is 8.91. The second kappa shape index (κ2) is 4.91. The number of carbonyl (C=O) groups excluding carboxylic acids is 1. The number of amides is 1. The molecule has 1 aromatic carbocycles. The predicted octanol–water partition coefficient (Wildman–Crippen LogP) is 0.561. The molecule has 17 heavy (non-hydrogen) atoms. The lowest BCUT2D eigenvalue weighted by Crippen LogP contribution is -2.29. The van der Waals surface area contributed by atoms with Crippen LogP contribution in [0.15, 0.2) is 24.3 Å². The van der Waals surface area contributed by atoms with Gasteiger partial charge in [0.05, 0.1) is 10.7 Å². The molecule has 0 heterocycles. The van der Waals surface area contributed by atoms with Crippen LogP contribution in [0.4, 0.5) is 5.69 Å². The summed E-state index contributed by atoms with van der Waals surface area (Å²) in [6.45, 7) is 1.07. The van der Waals surface area contributed by atoms with E-state index >= 15 is 0 Å². The van der Waals surface area contributed by atoms with Crippen LogP contribution in [0.3, 0.4) is 0 Å². The molecule has 0 saturated carbocycles. The van der Waals surface area contributed by atoms with Gasteiger partial charge in [-0.3, -0.25) is 19.6 Å². The zero-order chi connectivity index (χ0) is 13.1. The summed E-state index contributed by atoms with van der Waals surface area (Å²) in [4.78, 5) is 20.5. The molecule has 0 saturated heterocycles. The number of nitrogens with one attached hydrogen (secondary N) is 1. The maximum absolute atomic E-state index is 11.4. The quantitative estimate of drug-likeness (QED) is 0.627. The molecule has 1 rings (SSSR count). The average Bonchev–Trinajstić information content (AvgIpc) is 2.14. The fourth-order valence-corrected chi connectivity index (χ4v) is 2.36. The number of nitrogens with zero attached hydrogens (tertiary/aromatic N) is 1. The minimum atomic E-state index is -3.80. The van der Waals surface area contributed by atoms with E-state index < -0.39 is 26.6 Å². The van der Waals surface area contributed by atoms with E-state index in [-0.39, 0.29) is 11.3 Å². The van der Waals surface area contributed by atoms with Crippen LogP contribution in [-0.4, -0.2) is 19.2 Å². The van der Waals surface area contributed by atoms with Gasteiger partial charge >= 0.3 is 0 Å². The number of rotatable bonds is 4. The number of non-ortho nitro benzene ring substituents is 1. The van der Waals surface area contributed by atoms with Gasteiger partial charge in [-0.15, -0.1) is 0 Å². The van der Waals surface area contributed by atoms with Crippen molar-refractivity contribution in [3.8, 4) is 0 Å². The molecule has 0 spiro atoms. The third kappa shape index (κ3) is 4.19. The summed E-state index contributed by atoms with van der Waals surface area (Å²) in [6, 6.07) is 5.23. The molecule has 7 nitrogen and oxygen atoms in total. The minimum Gasteiger partial charge on any atom is -0.274 e. The van der Waals surface area contributed by atoms with Crippen LogP contribution in [0.25, 0.3) is 0 Å². The topological polar surface area (TPSA) is 106 Å². The Morgan fingerprint density at radius 1 is 1.47 bits per heavy atom. The van der Waals surface area contributed by atoms with E-state index in [2.05, 4.69) is 0 Å². The third-order valence-corrected chi connectivity index (χ3v) is 3.09. The van der Waals surface area contributed by atoms with E-state index in [1.165, 1.54) is 18.2 Å². The van der Waals surface area contributed by atoms with Crippen molar-refractivity contribution in [2.45, 2.75) is 12.7 Å². The maximum atomic E-state index is 11.4. The summed E-state index contributed by atoms with van der Waals surface area (Å²) in [6.07, 6.45) is 0. The molecular weight excluding hydrogens is 248 g/mol. The molecule has 0 unspecified atom stereocenters. The van der Waals surface area contributed by atoms with Gasteiger partial charge in [-0.05, 0) is 5.56 Å². The summed E-state index contributed by atoms with van der Waals surface area (Å²) in [5.41, 5.74) is 0.0495. The molecular formula is C9H10N2O5S. The average molecular weight is 258 g/mol. The predicted molar refractivity (Wildman–Crippen MR) is 59.5 cm³/mol. The lowest BCUT2D eigenvalue weighted by molar-refractivity contribution is -0.384. The number of nitro benzene ring substituents is 1. The highest BCUT2D eigenvalue weighted by Crippen LogP contribution is 2.14. The number of hydrogen-bond acceptors (Lipinski definition) is 5. The first-order valence-corrected chi connectivity index (χ1v) is 6.20. The number of sulfonamides is 1. The summed E-state index contributed by atoms with van der Waals surface area (Å²) in [7, 11) is -3.80. The van der Waals surface area contributed by atoms with E-state index in [1.807, 2.05) is 0 Å². The normalized spacial score (nSPS) is 10.9. The minimum absolute atomic E-state index is 0.194. The fraction of sp³-hybridized carbons (Fsp3) is 0.222. The van der Waals surface area contributed by atoms with Crippen LogP contribution < -0.4 is 4.72 Å². The van der Waals surface area contributed by atoms with Crippen molar-refractivity contribution < 1.29 is 18.1 Å². The molecule has 8 heteroatoms. The van der Waals surface area contributed by atoms with Gasteiger partial charge in [0.25, 0.3) is 5.69 Å². The van der Waals surface area contributed by atoms with Crippen molar-refractivity contribution in [3.05, 3.63) is 39.9 Å². The fourth-order valence-electron chi connectivity index (χ4n) is 1.23.